The van der Waals surface area contributed by atoms with Gasteiger partial charge in [0.2, 0.25) is 0 Å². The number of rotatable bonds is 3. The van der Waals surface area contributed by atoms with Crippen LogP contribution in [0.1, 0.15) is 12.0 Å². The zero-order chi connectivity index (χ0) is 15.6. The van der Waals surface area contributed by atoms with Gasteiger partial charge in [0.05, 0.1) is 18.7 Å². The molecule has 1 saturated heterocycles. The van der Waals surface area contributed by atoms with Gasteiger partial charge in [0.15, 0.2) is 0 Å². The first kappa shape index (κ1) is 15.6. The van der Waals surface area contributed by atoms with Gasteiger partial charge in [0.1, 0.15) is 5.75 Å². The molecule has 0 aliphatic carbocycles. The number of amides is 2. The third-order valence-corrected chi connectivity index (χ3v) is 4.40. The van der Waals surface area contributed by atoms with Crippen LogP contribution in [-0.2, 0) is 4.79 Å². The second-order valence-corrected chi connectivity index (χ2v) is 5.86. The number of hydrogen-bond acceptors (Lipinski definition) is 3. The summed E-state index contributed by atoms with van der Waals surface area (Å²) in [6, 6.07) is 3.29. The van der Waals surface area contributed by atoms with E-state index in [0.717, 1.165) is 10.0 Å². The molecule has 0 aromatic heterocycles. The standard InChI is InChI=1S/C14H17BrN2O4/c1-8-5-12(21-2)11(6-10(8)15)16-14(20)17-4-3-9(7-17)13(18)19/h5-6,9H,3-4,7H2,1-2H3,(H,16,20)(H,18,19). The minimum absolute atomic E-state index is 0.233. The van der Waals surface area contributed by atoms with Crippen LogP contribution in [0.25, 0.3) is 0 Å². The summed E-state index contributed by atoms with van der Waals surface area (Å²) in [5.41, 5.74) is 1.55. The Balaban J connectivity index is 2.10. The average Bonchev–Trinajstić information content (AvgIpc) is 2.92. The highest BCUT2D eigenvalue weighted by atomic mass is 79.9. The fourth-order valence-corrected chi connectivity index (χ4v) is 2.61. The summed E-state index contributed by atoms with van der Waals surface area (Å²) in [6.07, 6.45) is 0.484. The van der Waals surface area contributed by atoms with Crippen LogP contribution in [0.5, 0.6) is 5.75 Å². The molecule has 1 aliphatic rings. The first-order chi connectivity index (χ1) is 9.92. The quantitative estimate of drug-likeness (QED) is 0.872. The van der Waals surface area contributed by atoms with E-state index in [2.05, 4.69) is 21.2 Å². The highest BCUT2D eigenvalue weighted by molar-refractivity contribution is 9.10. The summed E-state index contributed by atoms with van der Waals surface area (Å²) in [4.78, 5) is 24.6. The molecule has 2 amide bonds. The molecule has 2 N–H and O–H groups in total. The van der Waals surface area contributed by atoms with E-state index < -0.39 is 11.9 Å². The Morgan fingerprint density at radius 1 is 1.48 bits per heavy atom. The van der Waals surface area contributed by atoms with Crippen LogP contribution in [0.4, 0.5) is 10.5 Å². The number of nitrogens with zero attached hydrogens (tertiary/aromatic N) is 1. The van der Waals surface area contributed by atoms with Crippen LogP contribution < -0.4 is 10.1 Å². The molecule has 0 bridgehead atoms. The number of halogens is 1. The van der Waals surface area contributed by atoms with E-state index in [1.165, 1.54) is 12.0 Å². The smallest absolute Gasteiger partial charge is 0.321 e. The van der Waals surface area contributed by atoms with Crippen molar-refractivity contribution in [3.05, 3.63) is 22.2 Å². The van der Waals surface area contributed by atoms with Crippen molar-refractivity contribution in [2.24, 2.45) is 5.92 Å². The van der Waals surface area contributed by atoms with E-state index in [1.54, 1.807) is 6.07 Å². The lowest BCUT2D eigenvalue weighted by atomic mass is 10.1. The molecular weight excluding hydrogens is 340 g/mol. The molecule has 1 aromatic rings. The van der Waals surface area contributed by atoms with Crippen molar-refractivity contribution >= 4 is 33.6 Å². The van der Waals surface area contributed by atoms with Crippen molar-refractivity contribution in [2.45, 2.75) is 13.3 Å². The van der Waals surface area contributed by atoms with Gasteiger partial charge in [-0.15, -0.1) is 0 Å². The number of carbonyl (C=O) groups is 2. The van der Waals surface area contributed by atoms with Crippen LogP contribution >= 0.6 is 15.9 Å². The highest BCUT2D eigenvalue weighted by Gasteiger charge is 2.31. The van der Waals surface area contributed by atoms with E-state index in [-0.39, 0.29) is 12.6 Å². The first-order valence-electron chi connectivity index (χ1n) is 6.55. The monoisotopic (exact) mass is 356 g/mol. The highest BCUT2D eigenvalue weighted by Crippen LogP contribution is 2.31. The van der Waals surface area contributed by atoms with Crippen LogP contribution in [0, 0.1) is 12.8 Å². The zero-order valence-corrected chi connectivity index (χ0v) is 13.4. The molecule has 1 fully saturated rings. The normalized spacial score (nSPS) is 17.7. The minimum atomic E-state index is -0.860. The molecule has 1 unspecified atom stereocenters. The molecule has 114 valence electrons. The number of aryl methyl sites for hydroxylation is 1. The number of carbonyl (C=O) groups excluding carboxylic acids is 1. The van der Waals surface area contributed by atoms with Crippen LogP contribution in [0.15, 0.2) is 16.6 Å². The third kappa shape index (κ3) is 3.47. The molecule has 6 nitrogen and oxygen atoms in total. The van der Waals surface area contributed by atoms with Crippen molar-refractivity contribution < 1.29 is 19.4 Å². The maximum absolute atomic E-state index is 12.2. The Bertz CT molecular complexity index is 576. The Kier molecular flexibility index (Phi) is 4.72. The van der Waals surface area contributed by atoms with Crippen molar-refractivity contribution in [1.29, 1.82) is 0 Å². The maximum atomic E-state index is 12.2. The molecule has 1 heterocycles. The van der Waals surface area contributed by atoms with Crippen molar-refractivity contribution in [2.75, 3.05) is 25.5 Å². The molecule has 0 saturated carbocycles. The van der Waals surface area contributed by atoms with Gasteiger partial charge in [0, 0.05) is 17.6 Å². The third-order valence-electron chi connectivity index (χ3n) is 3.55. The predicted molar refractivity (Wildman–Crippen MR) is 81.8 cm³/mol. The molecule has 0 radical (unpaired) electrons. The summed E-state index contributed by atoms with van der Waals surface area (Å²) in [7, 11) is 1.54. The summed E-state index contributed by atoms with van der Waals surface area (Å²) in [6.45, 7) is 2.60. The molecule has 1 aliphatic heterocycles. The van der Waals surface area contributed by atoms with Crippen molar-refractivity contribution in [3.63, 3.8) is 0 Å². The first-order valence-corrected chi connectivity index (χ1v) is 7.34. The number of methoxy groups -OCH3 is 1. The average molecular weight is 357 g/mol. The van der Waals surface area contributed by atoms with Gasteiger partial charge in [-0.2, -0.15) is 0 Å². The van der Waals surface area contributed by atoms with E-state index in [9.17, 15) is 9.59 Å². The van der Waals surface area contributed by atoms with Crippen LogP contribution in [-0.4, -0.2) is 42.2 Å². The van der Waals surface area contributed by atoms with E-state index in [4.69, 9.17) is 9.84 Å². The summed E-state index contributed by atoms with van der Waals surface area (Å²) in [5, 5.41) is 11.7. The Hall–Kier alpha value is -1.76. The molecule has 21 heavy (non-hydrogen) atoms. The van der Waals surface area contributed by atoms with Gasteiger partial charge in [0.25, 0.3) is 0 Å². The van der Waals surface area contributed by atoms with Gasteiger partial charge >= 0.3 is 12.0 Å². The largest absolute Gasteiger partial charge is 0.495 e. The lowest BCUT2D eigenvalue weighted by Crippen LogP contribution is -2.33. The number of nitrogens with one attached hydrogen (secondary N) is 1. The Labute approximate surface area is 131 Å². The number of ether oxygens (including phenoxy) is 1. The zero-order valence-electron chi connectivity index (χ0n) is 11.9. The fourth-order valence-electron chi connectivity index (χ4n) is 2.26. The Morgan fingerprint density at radius 2 is 2.19 bits per heavy atom. The maximum Gasteiger partial charge on any atom is 0.321 e. The molecule has 7 heteroatoms. The molecular formula is C14H17BrN2O4. The van der Waals surface area contributed by atoms with Crippen LogP contribution in [0.2, 0.25) is 0 Å². The van der Waals surface area contributed by atoms with Crippen molar-refractivity contribution in [3.8, 4) is 5.75 Å². The number of carboxylic acids is 1. The SMILES string of the molecule is COc1cc(C)c(Br)cc1NC(=O)N1CCC(C(=O)O)C1. The van der Waals surface area contributed by atoms with E-state index in [0.29, 0.717) is 24.4 Å². The minimum Gasteiger partial charge on any atom is -0.495 e. The second kappa shape index (κ2) is 6.34. The number of carboxylic acid groups (broad SMARTS) is 1. The number of likely N-dealkylation sites (tertiary alicyclic amines) is 1. The predicted octanol–water partition coefficient (Wildman–Crippen LogP) is 2.70. The number of benzene rings is 1. The van der Waals surface area contributed by atoms with Crippen molar-refractivity contribution in [1.82, 2.24) is 4.90 Å². The van der Waals surface area contributed by atoms with Gasteiger partial charge in [-0.1, -0.05) is 15.9 Å². The topological polar surface area (TPSA) is 78.9 Å². The second-order valence-electron chi connectivity index (χ2n) is 5.00. The summed E-state index contributed by atoms with van der Waals surface area (Å²) in [5.74, 6) is -0.776. The van der Waals surface area contributed by atoms with Gasteiger partial charge in [-0.25, -0.2) is 4.79 Å². The van der Waals surface area contributed by atoms with Gasteiger partial charge in [-0.05, 0) is 31.0 Å². The van der Waals surface area contributed by atoms with E-state index in [1.807, 2.05) is 13.0 Å². The molecule has 0 spiro atoms. The number of anilines is 1. The number of urea groups is 1. The lowest BCUT2D eigenvalue weighted by Gasteiger charge is -2.18. The number of hydrogen-bond donors (Lipinski definition) is 2. The lowest BCUT2D eigenvalue weighted by molar-refractivity contribution is -0.141. The van der Waals surface area contributed by atoms with Gasteiger partial charge < -0.3 is 20.1 Å². The molecule has 2 rings (SSSR count). The Morgan fingerprint density at radius 3 is 2.76 bits per heavy atom. The summed E-state index contributed by atoms with van der Waals surface area (Å²) < 4.78 is 6.12. The summed E-state index contributed by atoms with van der Waals surface area (Å²) >= 11 is 3.41. The van der Waals surface area contributed by atoms with Crippen LogP contribution in [0.3, 0.4) is 0 Å². The number of aliphatic carboxylic acids is 1. The van der Waals surface area contributed by atoms with Gasteiger partial charge in [-0.3, -0.25) is 4.79 Å². The molecule has 1 atom stereocenters. The fraction of sp³-hybridized carbons (Fsp3) is 0.429. The van der Waals surface area contributed by atoms with E-state index >= 15 is 0 Å². The molecule has 1 aromatic carbocycles.